The molecule has 0 spiro atoms. The van der Waals surface area contributed by atoms with E-state index in [1.165, 1.54) is 6.92 Å². The van der Waals surface area contributed by atoms with E-state index in [9.17, 15) is 4.79 Å². The molecule has 0 radical (unpaired) electrons. The van der Waals surface area contributed by atoms with E-state index in [0.717, 1.165) is 0 Å². The van der Waals surface area contributed by atoms with Gasteiger partial charge >= 0.3 is 0 Å². The van der Waals surface area contributed by atoms with Crippen molar-refractivity contribution in [3.8, 4) is 0 Å². The van der Waals surface area contributed by atoms with E-state index < -0.39 is 11.7 Å². The van der Waals surface area contributed by atoms with Crippen LogP contribution in [0.2, 0.25) is 0 Å². The molecule has 0 aromatic rings. The highest BCUT2D eigenvalue weighted by atomic mass is 16.9. The summed E-state index contributed by atoms with van der Waals surface area (Å²) in [6.07, 6.45) is 1.64. The minimum atomic E-state index is -0.775. The van der Waals surface area contributed by atoms with E-state index in [-0.39, 0.29) is 18.7 Å². The van der Waals surface area contributed by atoms with Gasteiger partial charge in [0, 0.05) is 6.61 Å². The molecule has 1 heterocycles. The van der Waals surface area contributed by atoms with Gasteiger partial charge in [0.15, 0.2) is 12.6 Å². The Morgan fingerprint density at radius 3 is 2.53 bits per heavy atom. The summed E-state index contributed by atoms with van der Waals surface area (Å²) < 4.78 is 10.7. The highest BCUT2D eigenvalue weighted by Crippen LogP contribution is 2.40. The van der Waals surface area contributed by atoms with Crippen LogP contribution in [0.15, 0.2) is 12.7 Å². The van der Waals surface area contributed by atoms with Gasteiger partial charge in [-0.25, -0.2) is 0 Å². The Hall–Kier alpha value is -0.710. The smallest absolute Gasteiger partial charge is 0.176 e. The first-order chi connectivity index (χ1) is 7.06. The van der Waals surface area contributed by atoms with Crippen molar-refractivity contribution < 1.29 is 19.4 Å². The first-order valence-corrected chi connectivity index (χ1v) is 5.10. The average molecular weight is 214 g/mol. The van der Waals surface area contributed by atoms with Gasteiger partial charge in [0.25, 0.3) is 0 Å². The van der Waals surface area contributed by atoms with Crippen LogP contribution in [0.5, 0.6) is 0 Å². The average Bonchev–Trinajstić information content (AvgIpc) is 2.12. The number of carbonyl (C=O) groups excluding carboxylic acids is 1. The maximum Gasteiger partial charge on any atom is 0.176 e. The fraction of sp³-hybridized carbons (Fsp3) is 0.727. The second-order valence-electron chi connectivity index (χ2n) is 3.85. The molecule has 1 rings (SSSR count). The molecule has 15 heavy (non-hydrogen) atoms. The highest BCUT2D eigenvalue weighted by molar-refractivity contribution is 5.83. The molecule has 0 aromatic heterocycles. The minimum absolute atomic E-state index is 0.0339. The van der Waals surface area contributed by atoms with E-state index in [2.05, 4.69) is 6.58 Å². The SMILES string of the molecule is C=CCC(CCO)(C(C)=O)C1OC(C)O1. The molecule has 1 aliphatic heterocycles. The Labute approximate surface area is 89.9 Å². The van der Waals surface area contributed by atoms with Crippen LogP contribution in [0.3, 0.4) is 0 Å². The number of allylic oxidation sites excluding steroid dienone is 1. The summed E-state index contributed by atoms with van der Waals surface area (Å²) in [6, 6.07) is 0. The number of hydrogen-bond acceptors (Lipinski definition) is 4. The zero-order valence-electron chi connectivity index (χ0n) is 9.23. The molecule has 0 aliphatic carbocycles. The summed E-state index contributed by atoms with van der Waals surface area (Å²) in [7, 11) is 0. The van der Waals surface area contributed by atoms with Crippen LogP contribution in [0.4, 0.5) is 0 Å². The Kier molecular flexibility index (Phi) is 4.02. The molecular formula is C11H18O4. The number of Topliss-reactive ketones (excluding diaryl/α,β-unsaturated/α-hetero) is 1. The standard InChI is InChI=1S/C11H18O4/c1-4-5-11(6-7-12,8(2)13)10-14-9(3)15-10/h4,9-10,12H,1,5-7H2,2-3H3. The number of rotatable bonds is 6. The van der Waals surface area contributed by atoms with Gasteiger partial charge in [-0.15, -0.1) is 6.58 Å². The maximum absolute atomic E-state index is 11.7. The first kappa shape index (κ1) is 12.4. The largest absolute Gasteiger partial charge is 0.396 e. The second-order valence-corrected chi connectivity index (χ2v) is 3.85. The predicted molar refractivity (Wildman–Crippen MR) is 55.1 cm³/mol. The lowest BCUT2D eigenvalue weighted by molar-refractivity contribution is -0.405. The van der Waals surface area contributed by atoms with E-state index in [1.54, 1.807) is 13.0 Å². The van der Waals surface area contributed by atoms with Gasteiger partial charge < -0.3 is 14.6 Å². The van der Waals surface area contributed by atoms with Gasteiger partial charge in [0.05, 0.1) is 5.41 Å². The van der Waals surface area contributed by atoms with Crippen molar-refractivity contribution >= 4 is 5.78 Å². The Morgan fingerprint density at radius 2 is 2.20 bits per heavy atom. The van der Waals surface area contributed by atoms with Gasteiger partial charge in [0.1, 0.15) is 5.78 Å². The number of aliphatic hydroxyl groups excluding tert-OH is 1. The maximum atomic E-state index is 11.7. The molecule has 1 saturated heterocycles. The van der Waals surface area contributed by atoms with Crippen LogP contribution < -0.4 is 0 Å². The lowest BCUT2D eigenvalue weighted by Gasteiger charge is -2.45. The van der Waals surface area contributed by atoms with Crippen molar-refractivity contribution in [2.75, 3.05) is 6.61 Å². The van der Waals surface area contributed by atoms with E-state index in [0.29, 0.717) is 12.8 Å². The van der Waals surface area contributed by atoms with Gasteiger partial charge in [0.2, 0.25) is 0 Å². The van der Waals surface area contributed by atoms with Gasteiger partial charge in [-0.1, -0.05) is 6.08 Å². The van der Waals surface area contributed by atoms with Crippen LogP contribution in [-0.2, 0) is 14.3 Å². The van der Waals surface area contributed by atoms with Crippen LogP contribution in [-0.4, -0.2) is 30.1 Å². The van der Waals surface area contributed by atoms with Crippen molar-refractivity contribution in [3.63, 3.8) is 0 Å². The summed E-state index contributed by atoms with van der Waals surface area (Å²) in [5.41, 5.74) is -0.775. The molecule has 1 N–H and O–H groups in total. The molecular weight excluding hydrogens is 196 g/mol. The van der Waals surface area contributed by atoms with Crippen LogP contribution >= 0.6 is 0 Å². The van der Waals surface area contributed by atoms with Crippen LogP contribution in [0, 0.1) is 5.41 Å². The molecule has 0 amide bonds. The molecule has 1 atom stereocenters. The lowest BCUT2D eigenvalue weighted by Crippen LogP contribution is -2.54. The Bertz CT molecular complexity index is 245. The first-order valence-electron chi connectivity index (χ1n) is 5.10. The van der Waals surface area contributed by atoms with Crippen LogP contribution in [0.1, 0.15) is 26.7 Å². The molecule has 1 fully saturated rings. The molecule has 86 valence electrons. The summed E-state index contributed by atoms with van der Waals surface area (Å²) in [4.78, 5) is 11.7. The highest BCUT2D eigenvalue weighted by Gasteiger charge is 2.49. The number of ether oxygens (including phenoxy) is 2. The normalized spacial score (nSPS) is 29.0. The quantitative estimate of drug-likeness (QED) is 0.676. The molecule has 1 aliphatic rings. The molecule has 0 aromatic carbocycles. The van der Waals surface area contributed by atoms with E-state index in [4.69, 9.17) is 14.6 Å². The van der Waals surface area contributed by atoms with Crippen molar-refractivity contribution in [1.29, 1.82) is 0 Å². The number of ketones is 1. The van der Waals surface area contributed by atoms with Gasteiger partial charge in [-0.2, -0.15) is 0 Å². The third kappa shape index (κ3) is 2.27. The summed E-state index contributed by atoms with van der Waals surface area (Å²) >= 11 is 0. The second kappa shape index (κ2) is 4.88. The molecule has 1 unspecified atom stereocenters. The summed E-state index contributed by atoms with van der Waals surface area (Å²) in [5, 5.41) is 9.01. The predicted octanol–water partition coefficient (Wildman–Crippen LogP) is 1.24. The van der Waals surface area contributed by atoms with Gasteiger partial charge in [-0.3, -0.25) is 4.79 Å². The van der Waals surface area contributed by atoms with Gasteiger partial charge in [-0.05, 0) is 26.7 Å². The summed E-state index contributed by atoms with van der Waals surface area (Å²) in [6.45, 7) is 6.83. The molecule has 4 nitrogen and oxygen atoms in total. The van der Waals surface area contributed by atoms with E-state index in [1.807, 2.05) is 0 Å². The molecule has 4 heteroatoms. The zero-order chi connectivity index (χ0) is 11.5. The fourth-order valence-electron chi connectivity index (χ4n) is 1.88. The third-order valence-electron chi connectivity index (χ3n) is 2.85. The lowest BCUT2D eigenvalue weighted by atomic mass is 9.76. The summed E-state index contributed by atoms with van der Waals surface area (Å²) in [5.74, 6) is -0.0339. The molecule has 0 saturated carbocycles. The van der Waals surface area contributed by atoms with Crippen LogP contribution in [0.25, 0.3) is 0 Å². The number of carbonyl (C=O) groups is 1. The third-order valence-corrected chi connectivity index (χ3v) is 2.85. The topological polar surface area (TPSA) is 55.8 Å². The van der Waals surface area contributed by atoms with E-state index >= 15 is 0 Å². The Balaban J connectivity index is 2.81. The zero-order valence-corrected chi connectivity index (χ0v) is 9.23. The van der Waals surface area contributed by atoms with Crippen molar-refractivity contribution in [3.05, 3.63) is 12.7 Å². The number of aliphatic hydroxyl groups is 1. The minimum Gasteiger partial charge on any atom is -0.396 e. The van der Waals surface area contributed by atoms with Crippen molar-refractivity contribution in [2.45, 2.75) is 39.3 Å². The molecule has 0 bridgehead atoms. The monoisotopic (exact) mass is 214 g/mol. The fourth-order valence-corrected chi connectivity index (χ4v) is 1.88. The van der Waals surface area contributed by atoms with Crippen molar-refractivity contribution in [1.82, 2.24) is 0 Å². The van der Waals surface area contributed by atoms with Crippen molar-refractivity contribution in [2.24, 2.45) is 5.41 Å². The number of hydrogen-bond donors (Lipinski definition) is 1. The Morgan fingerprint density at radius 1 is 1.60 bits per heavy atom.